The van der Waals surface area contributed by atoms with E-state index in [0.717, 1.165) is 116 Å². The van der Waals surface area contributed by atoms with Crippen LogP contribution in [0.15, 0.2) is 95.9 Å². The monoisotopic (exact) mass is 1100 g/mol. The van der Waals surface area contributed by atoms with E-state index in [0.29, 0.717) is 76.3 Å². The summed E-state index contributed by atoms with van der Waals surface area (Å²) >= 11 is 3.65. The van der Waals surface area contributed by atoms with Crippen LogP contribution in [0, 0.1) is 17.2 Å². The number of nitrogens with zero attached hydrogens (tertiary/aromatic N) is 8. The molecule has 4 saturated heterocycles. The van der Waals surface area contributed by atoms with Crippen LogP contribution in [0.25, 0.3) is 22.3 Å². The van der Waals surface area contributed by atoms with Crippen molar-refractivity contribution in [2.24, 2.45) is 18.4 Å². The number of ether oxygens (including phenoxy) is 1. The van der Waals surface area contributed by atoms with Gasteiger partial charge in [-0.2, -0.15) is 10.1 Å². The van der Waals surface area contributed by atoms with E-state index in [1.54, 1.807) is 32.7 Å². The molecule has 5 aliphatic rings. The number of imide groups is 1. The molecule has 0 saturated carbocycles. The number of rotatable bonds is 13. The molecule has 75 heavy (non-hydrogen) atoms. The summed E-state index contributed by atoms with van der Waals surface area (Å²) in [5.74, 6) is 1.52. The van der Waals surface area contributed by atoms with Gasteiger partial charge in [-0.1, -0.05) is 36.4 Å². The Morgan fingerprint density at radius 2 is 1.53 bits per heavy atom. The molecule has 15 nitrogen and oxygen atoms in total. The number of nitrogens with one attached hydrogen (secondary N) is 3. The predicted molar refractivity (Wildman–Crippen MR) is 299 cm³/mol. The fraction of sp³-hybridized carbons (Fsp3) is 0.421. The van der Waals surface area contributed by atoms with Gasteiger partial charge in [-0.15, -0.1) is 0 Å². The zero-order chi connectivity index (χ0) is 52.0. The van der Waals surface area contributed by atoms with Crippen molar-refractivity contribution in [3.63, 3.8) is 0 Å². The number of likely N-dealkylation sites (tertiary alicyclic amines) is 1. The molecule has 1 unspecified atom stereocenters. The fourth-order valence-corrected chi connectivity index (χ4v) is 13.6. The summed E-state index contributed by atoms with van der Waals surface area (Å²) in [5, 5.41) is 14.7. The van der Waals surface area contributed by atoms with Crippen LogP contribution in [0.4, 0.5) is 38.9 Å². The van der Waals surface area contributed by atoms with Crippen LogP contribution in [0.3, 0.4) is 0 Å². The molecular formula is C57H66BrFN11O4P. The van der Waals surface area contributed by atoms with E-state index in [4.69, 9.17) is 9.72 Å². The smallest absolute Gasteiger partial charge is 0.243 e. The van der Waals surface area contributed by atoms with Gasteiger partial charge in [-0.25, -0.2) is 9.37 Å². The van der Waals surface area contributed by atoms with Crippen LogP contribution < -0.4 is 35.8 Å². The average Bonchev–Trinajstić information content (AvgIpc) is 4.04. The van der Waals surface area contributed by atoms with Crippen LogP contribution in [0.2, 0.25) is 0 Å². The first-order valence-corrected chi connectivity index (χ1v) is 29.7. The zero-order valence-electron chi connectivity index (χ0n) is 43.2. The third-order valence-electron chi connectivity index (χ3n) is 16.5. The Kier molecular flexibility index (Phi) is 14.4. The van der Waals surface area contributed by atoms with Crippen LogP contribution >= 0.6 is 23.1 Å². The van der Waals surface area contributed by atoms with Crippen LogP contribution in [0.5, 0.6) is 5.75 Å². The molecule has 392 valence electrons. The number of hydrogen-bond acceptors (Lipinski definition) is 13. The van der Waals surface area contributed by atoms with E-state index < -0.39 is 7.14 Å². The summed E-state index contributed by atoms with van der Waals surface area (Å²) in [6.07, 6.45) is 13.2. The van der Waals surface area contributed by atoms with Crippen molar-refractivity contribution in [1.29, 1.82) is 0 Å². The van der Waals surface area contributed by atoms with Gasteiger partial charge in [0.15, 0.2) is 0 Å². The minimum atomic E-state index is -2.71. The highest BCUT2D eigenvalue weighted by Gasteiger charge is 2.40. The Morgan fingerprint density at radius 3 is 2.23 bits per heavy atom. The molecule has 6 aromatic rings. The number of aryl methyl sites for hydroxylation is 1. The number of hydrogen-bond donors (Lipinski definition) is 3. The van der Waals surface area contributed by atoms with Crippen LogP contribution in [0.1, 0.15) is 62.5 Å². The van der Waals surface area contributed by atoms with Gasteiger partial charge >= 0.3 is 0 Å². The molecule has 11 rings (SSSR count). The van der Waals surface area contributed by atoms with E-state index in [-0.39, 0.29) is 23.7 Å². The maximum absolute atomic E-state index is 15.7. The maximum atomic E-state index is 15.7. The number of fused-ring (bicyclic) bond motifs is 1. The zero-order valence-corrected chi connectivity index (χ0v) is 45.7. The lowest BCUT2D eigenvalue weighted by molar-refractivity contribution is -0.137. The molecule has 7 heterocycles. The van der Waals surface area contributed by atoms with E-state index in [1.165, 1.54) is 12.8 Å². The van der Waals surface area contributed by atoms with Gasteiger partial charge in [-0.05, 0) is 151 Å². The van der Waals surface area contributed by atoms with Gasteiger partial charge in [0.25, 0.3) is 0 Å². The number of methoxy groups -OCH3 is 1. The van der Waals surface area contributed by atoms with Gasteiger partial charge in [0.05, 0.1) is 40.9 Å². The Balaban J connectivity index is 0.713. The van der Waals surface area contributed by atoms with Gasteiger partial charge in [0, 0.05) is 99.9 Å². The van der Waals surface area contributed by atoms with E-state index in [9.17, 15) is 14.2 Å². The van der Waals surface area contributed by atoms with Crippen molar-refractivity contribution >= 4 is 74.7 Å². The minimum absolute atomic E-state index is 0.184. The quantitative estimate of drug-likeness (QED) is 0.0744. The number of piperidine rings is 4. The molecular weight excluding hydrogens is 1030 g/mol. The van der Waals surface area contributed by atoms with Crippen molar-refractivity contribution < 1.29 is 23.3 Å². The second kappa shape index (κ2) is 21.1. The van der Waals surface area contributed by atoms with Gasteiger partial charge in [-0.3, -0.25) is 24.5 Å². The maximum Gasteiger partial charge on any atom is 0.243 e. The summed E-state index contributed by atoms with van der Waals surface area (Å²) in [4.78, 5) is 43.3. The number of carbonyl (C=O) groups is 2. The summed E-state index contributed by atoms with van der Waals surface area (Å²) in [6, 6.07) is 23.6. The first-order chi connectivity index (χ1) is 36.2. The highest BCUT2D eigenvalue weighted by atomic mass is 79.9. The number of amides is 2. The van der Waals surface area contributed by atoms with Gasteiger partial charge in [0.1, 0.15) is 24.5 Å². The lowest BCUT2D eigenvalue weighted by Crippen LogP contribution is -2.50. The van der Waals surface area contributed by atoms with Crippen molar-refractivity contribution in [1.82, 2.24) is 34.9 Å². The third kappa shape index (κ3) is 11.0. The first kappa shape index (κ1) is 51.0. The Bertz CT molecular complexity index is 3160. The summed E-state index contributed by atoms with van der Waals surface area (Å²) in [6.45, 7) is 11.5. The average molecular weight is 1100 g/mol. The van der Waals surface area contributed by atoms with Crippen molar-refractivity contribution in [2.75, 3.05) is 86.7 Å². The largest absolute Gasteiger partial charge is 0.494 e. The second-order valence-electron chi connectivity index (χ2n) is 21.7. The van der Waals surface area contributed by atoms with E-state index in [1.807, 2.05) is 78.7 Å². The van der Waals surface area contributed by atoms with Gasteiger partial charge < -0.3 is 34.6 Å². The minimum Gasteiger partial charge on any atom is -0.494 e. The lowest BCUT2D eigenvalue weighted by atomic mass is 9.71. The Morgan fingerprint density at radius 1 is 0.813 bits per heavy atom. The number of anilines is 6. The summed E-state index contributed by atoms with van der Waals surface area (Å²) in [7, 11) is 0.912. The Labute approximate surface area is 447 Å². The van der Waals surface area contributed by atoms with Gasteiger partial charge in [0.2, 0.25) is 17.8 Å². The molecule has 0 aliphatic carbocycles. The van der Waals surface area contributed by atoms with Crippen molar-refractivity contribution in [2.45, 2.75) is 70.5 Å². The molecule has 1 atom stereocenters. The SMILES string of the molecule is COc1cc(N2CCC(CN3CCC4(CC3)CCN(c3cc5c(cc3F)CN(C3CCC(=O)NC3=O)C5)CC4)CC2)c(-c2cnn(C)c2)cc1Nc1ncc(Br)c(Nc2ccc(-c3ccccc3)cc2P(C)(C)=O)n1. The molecule has 4 fully saturated rings. The predicted octanol–water partition coefficient (Wildman–Crippen LogP) is 9.91. The van der Waals surface area contributed by atoms with Crippen molar-refractivity contribution in [3.05, 3.63) is 113 Å². The molecule has 5 aliphatic heterocycles. The second-order valence-corrected chi connectivity index (χ2v) is 25.8. The topological polar surface area (TPSA) is 153 Å². The standard InChI is InChI=1S/C57H66BrFN11O4P/c1-66-34-42(31-61-66)43-29-47(63-56-60-32-44(58)54(65-56)62-46-11-10-39(28-52(46)75(3,4)73)38-8-6-5-7-9-38)51(74-2)30-49(43)68-20-14-37(15-21-68)33-67-22-16-57(17-23-67)18-24-69(25-19-57)50-27-41-36-70(35-40(41)26-45(50)59)48-12-13-53(71)64-55(48)72/h5-11,26-32,34,37,48H,12-25,33,35-36H2,1-4H3,(H,64,71,72)(H2,60,62,63,65). The number of benzene rings is 4. The summed E-state index contributed by atoms with van der Waals surface area (Å²) < 4.78 is 37.9. The molecule has 2 aromatic heterocycles. The van der Waals surface area contributed by atoms with E-state index in [2.05, 4.69) is 73.7 Å². The van der Waals surface area contributed by atoms with Crippen LogP contribution in [-0.2, 0) is 34.3 Å². The molecule has 18 heteroatoms. The number of aromatic nitrogens is 4. The highest BCUT2D eigenvalue weighted by Crippen LogP contribution is 2.46. The highest BCUT2D eigenvalue weighted by molar-refractivity contribution is 9.10. The third-order valence-corrected chi connectivity index (χ3v) is 18.6. The normalized spacial score (nSPS) is 19.6. The lowest BCUT2D eigenvalue weighted by Gasteiger charge is -2.48. The van der Waals surface area contributed by atoms with E-state index >= 15 is 4.39 Å². The molecule has 2 amide bonds. The summed E-state index contributed by atoms with van der Waals surface area (Å²) in [5.41, 5.74) is 9.60. The first-order valence-electron chi connectivity index (χ1n) is 26.3. The number of halogens is 2. The molecule has 0 bridgehead atoms. The molecule has 0 radical (unpaired) electrons. The van der Waals surface area contributed by atoms with Crippen molar-refractivity contribution in [3.8, 4) is 28.0 Å². The van der Waals surface area contributed by atoms with Crippen LogP contribution in [-0.4, -0.2) is 114 Å². The number of carbonyl (C=O) groups excluding carboxylic acids is 2. The molecule has 4 aromatic carbocycles. The fourth-order valence-electron chi connectivity index (χ4n) is 12.1. The Hall–Kier alpha value is -6.13. The molecule has 1 spiro atoms. The molecule has 3 N–H and O–H groups in total.